The molecule has 1 heterocycles. The molecular weight excluding hydrogens is 266 g/mol. The molecule has 1 aromatic carbocycles. The third kappa shape index (κ3) is 2.37. The fourth-order valence-corrected chi connectivity index (χ4v) is 4.92. The summed E-state index contributed by atoms with van der Waals surface area (Å²) in [4.78, 5) is 4.54. The van der Waals surface area contributed by atoms with Gasteiger partial charge in [0.1, 0.15) is 0 Å². The van der Waals surface area contributed by atoms with E-state index in [0.29, 0.717) is 0 Å². The van der Waals surface area contributed by atoms with Crippen LogP contribution in [-0.2, 0) is 6.42 Å². The van der Waals surface area contributed by atoms with Crippen LogP contribution in [0.25, 0.3) is 10.9 Å². The van der Waals surface area contributed by atoms with Crippen molar-refractivity contribution in [2.24, 2.45) is 23.7 Å². The van der Waals surface area contributed by atoms with Crippen molar-refractivity contribution >= 4 is 10.9 Å². The molecule has 2 aromatic rings. The number of allylic oxidation sites excluding steroid dienone is 1. The van der Waals surface area contributed by atoms with E-state index in [1.54, 1.807) is 0 Å². The molecule has 3 aliphatic carbocycles. The Kier molecular flexibility index (Phi) is 3.52. The largest absolute Gasteiger partial charge is 0.256 e. The van der Waals surface area contributed by atoms with Gasteiger partial charge in [-0.15, -0.1) is 6.58 Å². The summed E-state index contributed by atoms with van der Waals surface area (Å²) in [7, 11) is 0. The highest BCUT2D eigenvalue weighted by Crippen LogP contribution is 2.49. The molecule has 0 radical (unpaired) electrons. The number of rotatable bonds is 3. The monoisotopic (exact) mass is 291 g/mol. The van der Waals surface area contributed by atoms with Gasteiger partial charge in [-0.3, -0.25) is 4.98 Å². The maximum absolute atomic E-state index is 4.54. The Morgan fingerprint density at radius 3 is 2.82 bits per heavy atom. The molecule has 0 amide bonds. The van der Waals surface area contributed by atoms with Gasteiger partial charge in [-0.25, -0.2) is 0 Å². The summed E-state index contributed by atoms with van der Waals surface area (Å²) in [6.07, 6.45) is 11.1. The van der Waals surface area contributed by atoms with Gasteiger partial charge >= 0.3 is 0 Å². The summed E-state index contributed by atoms with van der Waals surface area (Å²) in [5, 5.41) is 1.37. The number of hydrogen-bond acceptors (Lipinski definition) is 1. The zero-order valence-electron chi connectivity index (χ0n) is 13.5. The second kappa shape index (κ2) is 5.53. The van der Waals surface area contributed by atoms with Gasteiger partial charge in [-0.2, -0.15) is 0 Å². The van der Waals surface area contributed by atoms with Crippen LogP contribution in [-0.4, -0.2) is 4.98 Å². The van der Waals surface area contributed by atoms with Crippen molar-refractivity contribution in [2.75, 3.05) is 0 Å². The van der Waals surface area contributed by atoms with Gasteiger partial charge in [0.25, 0.3) is 0 Å². The SMILES string of the molecule is C=CC1CC2CCC1CC2Cc1ccnc2ccc(C)cc12. The van der Waals surface area contributed by atoms with Gasteiger partial charge in [0, 0.05) is 11.6 Å². The van der Waals surface area contributed by atoms with Gasteiger partial charge in [0.15, 0.2) is 0 Å². The molecule has 4 atom stereocenters. The molecule has 0 spiro atoms. The lowest BCUT2D eigenvalue weighted by atomic mass is 9.59. The fourth-order valence-electron chi connectivity index (χ4n) is 4.92. The first kappa shape index (κ1) is 14.0. The topological polar surface area (TPSA) is 12.9 Å². The number of aromatic nitrogens is 1. The predicted molar refractivity (Wildman–Crippen MR) is 92.8 cm³/mol. The maximum Gasteiger partial charge on any atom is 0.0704 e. The van der Waals surface area contributed by atoms with Crippen molar-refractivity contribution in [3.63, 3.8) is 0 Å². The summed E-state index contributed by atoms with van der Waals surface area (Å²) in [5.74, 6) is 3.44. The highest BCUT2D eigenvalue weighted by molar-refractivity contribution is 5.82. The molecule has 114 valence electrons. The van der Waals surface area contributed by atoms with Crippen LogP contribution in [0.5, 0.6) is 0 Å². The molecule has 1 nitrogen and oxygen atoms in total. The molecule has 1 aromatic heterocycles. The molecule has 5 rings (SSSR count). The zero-order valence-corrected chi connectivity index (χ0v) is 13.5. The van der Waals surface area contributed by atoms with E-state index in [2.05, 4.69) is 48.8 Å². The highest BCUT2D eigenvalue weighted by Gasteiger charge is 2.40. The predicted octanol–water partition coefficient (Wildman–Crippen LogP) is 5.32. The van der Waals surface area contributed by atoms with Crippen LogP contribution in [0.15, 0.2) is 43.1 Å². The van der Waals surface area contributed by atoms with Crippen LogP contribution in [0.3, 0.4) is 0 Å². The normalized spacial score (nSPS) is 30.6. The van der Waals surface area contributed by atoms with E-state index in [0.717, 1.165) is 29.2 Å². The lowest BCUT2D eigenvalue weighted by Crippen LogP contribution is -2.37. The lowest BCUT2D eigenvalue weighted by Gasteiger charge is -2.46. The van der Waals surface area contributed by atoms with Crippen molar-refractivity contribution < 1.29 is 0 Å². The van der Waals surface area contributed by atoms with Crippen molar-refractivity contribution in [2.45, 2.75) is 39.0 Å². The minimum Gasteiger partial charge on any atom is -0.256 e. The molecule has 4 unspecified atom stereocenters. The molecule has 1 heteroatoms. The summed E-state index contributed by atoms with van der Waals surface area (Å²) in [6.45, 7) is 6.23. The van der Waals surface area contributed by atoms with Crippen molar-refractivity contribution in [3.8, 4) is 0 Å². The maximum atomic E-state index is 4.54. The van der Waals surface area contributed by atoms with Gasteiger partial charge in [0.05, 0.1) is 5.52 Å². The smallest absolute Gasteiger partial charge is 0.0704 e. The number of benzene rings is 1. The molecule has 2 bridgehead atoms. The first-order chi connectivity index (χ1) is 10.7. The van der Waals surface area contributed by atoms with E-state index in [1.165, 1.54) is 48.6 Å². The number of pyridine rings is 1. The van der Waals surface area contributed by atoms with Gasteiger partial charge in [-0.05, 0) is 86.5 Å². The average molecular weight is 291 g/mol. The van der Waals surface area contributed by atoms with Crippen LogP contribution in [0, 0.1) is 30.6 Å². The molecule has 3 saturated carbocycles. The Balaban J connectivity index is 1.62. The van der Waals surface area contributed by atoms with E-state index in [4.69, 9.17) is 0 Å². The average Bonchev–Trinajstić information content (AvgIpc) is 2.56. The van der Waals surface area contributed by atoms with Crippen molar-refractivity contribution in [1.82, 2.24) is 4.98 Å². The second-order valence-electron chi connectivity index (χ2n) is 7.42. The first-order valence-electron chi connectivity index (χ1n) is 8.71. The summed E-state index contributed by atoms with van der Waals surface area (Å²) < 4.78 is 0. The van der Waals surface area contributed by atoms with Crippen LogP contribution in [0.4, 0.5) is 0 Å². The van der Waals surface area contributed by atoms with Crippen molar-refractivity contribution in [1.29, 1.82) is 0 Å². The number of hydrogen-bond donors (Lipinski definition) is 0. The van der Waals surface area contributed by atoms with E-state index in [-0.39, 0.29) is 0 Å². The quantitative estimate of drug-likeness (QED) is 0.697. The van der Waals surface area contributed by atoms with E-state index in [1.807, 2.05) is 6.20 Å². The Hall–Kier alpha value is -1.63. The highest BCUT2D eigenvalue weighted by atomic mass is 14.6. The zero-order chi connectivity index (χ0) is 15.1. The Morgan fingerprint density at radius 2 is 2.05 bits per heavy atom. The molecule has 3 aliphatic rings. The van der Waals surface area contributed by atoms with E-state index < -0.39 is 0 Å². The molecule has 3 fully saturated rings. The molecule has 0 aliphatic heterocycles. The van der Waals surface area contributed by atoms with E-state index in [9.17, 15) is 0 Å². The van der Waals surface area contributed by atoms with Crippen LogP contribution in [0.2, 0.25) is 0 Å². The standard InChI is InChI=1S/C21H25N/c1-3-15-11-17-6-5-16(15)12-19(17)13-18-8-9-22-21-7-4-14(2)10-20(18)21/h3-4,7-10,15-17,19H,1,5-6,11-13H2,2H3. The molecule has 0 saturated heterocycles. The Bertz CT molecular complexity index is 702. The second-order valence-corrected chi connectivity index (χ2v) is 7.42. The number of aryl methyl sites for hydroxylation is 1. The minimum absolute atomic E-state index is 0.784. The summed E-state index contributed by atoms with van der Waals surface area (Å²) in [5.41, 5.74) is 3.98. The van der Waals surface area contributed by atoms with Gasteiger partial charge in [-0.1, -0.05) is 17.7 Å². The van der Waals surface area contributed by atoms with E-state index >= 15 is 0 Å². The third-order valence-corrected chi connectivity index (χ3v) is 6.13. The van der Waals surface area contributed by atoms with Crippen LogP contribution < -0.4 is 0 Å². The summed E-state index contributed by atoms with van der Waals surface area (Å²) in [6, 6.07) is 8.88. The fraction of sp³-hybridized carbons (Fsp3) is 0.476. The Morgan fingerprint density at radius 1 is 1.18 bits per heavy atom. The van der Waals surface area contributed by atoms with Crippen LogP contribution in [0.1, 0.15) is 36.8 Å². The third-order valence-electron chi connectivity index (χ3n) is 6.13. The van der Waals surface area contributed by atoms with Gasteiger partial charge < -0.3 is 0 Å². The Labute approximate surface area is 133 Å². The summed E-state index contributed by atoms with van der Waals surface area (Å²) >= 11 is 0. The number of fused-ring (bicyclic) bond motifs is 4. The first-order valence-corrected chi connectivity index (χ1v) is 8.71. The molecule has 0 N–H and O–H groups in total. The minimum atomic E-state index is 0.784. The molecular formula is C21H25N. The number of nitrogens with zero attached hydrogens (tertiary/aromatic N) is 1. The van der Waals surface area contributed by atoms with Crippen molar-refractivity contribution in [3.05, 3.63) is 54.2 Å². The molecule has 22 heavy (non-hydrogen) atoms. The van der Waals surface area contributed by atoms with Gasteiger partial charge in [0.2, 0.25) is 0 Å². The lowest BCUT2D eigenvalue weighted by molar-refractivity contribution is 0.0630. The van der Waals surface area contributed by atoms with Crippen LogP contribution >= 0.6 is 0 Å².